The largest absolute Gasteiger partial charge is 0.383 e. The van der Waals surface area contributed by atoms with Crippen LogP contribution in [0, 0.1) is 0 Å². The van der Waals surface area contributed by atoms with Crippen LogP contribution in [0.1, 0.15) is 5.69 Å². The fourth-order valence-electron chi connectivity index (χ4n) is 1.24. The molecule has 0 amide bonds. The van der Waals surface area contributed by atoms with Crippen LogP contribution in [0.2, 0.25) is 10.2 Å². The average molecular weight is 407 g/mol. The van der Waals surface area contributed by atoms with Crippen molar-refractivity contribution in [1.82, 2.24) is 9.88 Å². The molecule has 18 heavy (non-hydrogen) atoms. The van der Waals surface area contributed by atoms with Gasteiger partial charge in [-0.05, 0) is 6.07 Å². The van der Waals surface area contributed by atoms with Crippen LogP contribution in [0.15, 0.2) is 11.1 Å². The van der Waals surface area contributed by atoms with Gasteiger partial charge in [0.25, 0.3) is 0 Å². The van der Waals surface area contributed by atoms with Crippen LogP contribution >= 0.6 is 47.2 Å². The highest BCUT2D eigenvalue weighted by atomic mass is 127. The molecule has 0 aliphatic carbocycles. The molecule has 3 N–H and O–H groups in total. The van der Waals surface area contributed by atoms with E-state index in [2.05, 4.69) is 10.3 Å². The van der Waals surface area contributed by atoms with E-state index in [1.807, 2.05) is 7.05 Å². The van der Waals surface area contributed by atoms with Crippen molar-refractivity contribution in [2.45, 2.75) is 6.54 Å². The molecule has 5 nitrogen and oxygen atoms in total. The molecule has 0 bridgehead atoms. The number of methoxy groups -OCH3 is 1. The molecule has 1 rings (SSSR count). The molecule has 0 saturated carbocycles. The molecule has 1 aromatic heterocycles. The van der Waals surface area contributed by atoms with E-state index < -0.39 is 0 Å². The van der Waals surface area contributed by atoms with E-state index in [9.17, 15) is 0 Å². The zero-order chi connectivity index (χ0) is 12.8. The highest BCUT2D eigenvalue weighted by Crippen LogP contribution is 2.25. The molecule has 0 saturated heterocycles. The minimum absolute atomic E-state index is 0. The molecule has 0 atom stereocenters. The number of halogens is 3. The highest BCUT2D eigenvalue weighted by Gasteiger charge is 2.07. The van der Waals surface area contributed by atoms with Crippen LogP contribution in [0.25, 0.3) is 0 Å². The molecule has 0 aromatic carbocycles. The lowest BCUT2D eigenvalue weighted by Gasteiger charge is -2.05. The quantitative estimate of drug-likeness (QED) is 0.340. The first-order valence-electron chi connectivity index (χ1n) is 5.08. The summed E-state index contributed by atoms with van der Waals surface area (Å²) in [7, 11) is 3.45. The average Bonchev–Trinajstić information content (AvgIpc) is 2.54. The van der Waals surface area contributed by atoms with Gasteiger partial charge in [-0.2, -0.15) is 0 Å². The third kappa shape index (κ3) is 5.21. The maximum Gasteiger partial charge on any atom is 0.189 e. The van der Waals surface area contributed by atoms with Crippen molar-refractivity contribution in [2.75, 3.05) is 20.3 Å². The minimum atomic E-state index is 0. The van der Waals surface area contributed by atoms with E-state index in [1.54, 1.807) is 17.7 Å². The van der Waals surface area contributed by atoms with Gasteiger partial charge in [0.05, 0.1) is 18.2 Å². The zero-order valence-electron chi connectivity index (χ0n) is 10.2. The molecule has 104 valence electrons. The van der Waals surface area contributed by atoms with Crippen LogP contribution in [0.3, 0.4) is 0 Å². The molecule has 8 heteroatoms. The van der Waals surface area contributed by atoms with Crippen molar-refractivity contribution in [2.24, 2.45) is 17.8 Å². The number of nitrogens with two attached hydrogens (primary N) is 1. The van der Waals surface area contributed by atoms with Gasteiger partial charge >= 0.3 is 0 Å². The first kappa shape index (κ1) is 17.8. The van der Waals surface area contributed by atoms with Gasteiger partial charge in [0.15, 0.2) is 5.96 Å². The van der Waals surface area contributed by atoms with Gasteiger partial charge in [-0.3, -0.25) is 0 Å². The van der Waals surface area contributed by atoms with Crippen LogP contribution < -0.4 is 11.1 Å². The lowest BCUT2D eigenvalue weighted by molar-refractivity contribution is 0.204. The Hall–Kier alpha value is -0.180. The number of aromatic nitrogens is 1. The van der Waals surface area contributed by atoms with Crippen molar-refractivity contribution in [3.8, 4) is 0 Å². The van der Waals surface area contributed by atoms with Gasteiger partial charge < -0.3 is 20.4 Å². The van der Waals surface area contributed by atoms with E-state index in [4.69, 9.17) is 33.7 Å². The molecule has 0 fully saturated rings. The predicted octanol–water partition coefficient (Wildman–Crippen LogP) is 2.00. The SMILES string of the molecule is COCCNC(N)=NCc1cc(Cl)c(Cl)n1C.I. The number of ether oxygens (including phenoxy) is 1. The molecule has 1 heterocycles. The molecule has 0 aliphatic rings. The molecule has 1 aromatic rings. The Morgan fingerprint density at radius 1 is 1.56 bits per heavy atom. The molecule has 0 radical (unpaired) electrons. The van der Waals surface area contributed by atoms with Gasteiger partial charge in [-0.25, -0.2) is 4.99 Å². The molecule has 0 unspecified atom stereocenters. The van der Waals surface area contributed by atoms with Crippen LogP contribution in [0.4, 0.5) is 0 Å². The monoisotopic (exact) mass is 406 g/mol. The van der Waals surface area contributed by atoms with Crippen molar-refractivity contribution in [3.63, 3.8) is 0 Å². The fraction of sp³-hybridized carbons (Fsp3) is 0.500. The lowest BCUT2D eigenvalue weighted by Crippen LogP contribution is -2.34. The van der Waals surface area contributed by atoms with E-state index in [-0.39, 0.29) is 24.0 Å². The third-order valence-corrected chi connectivity index (χ3v) is 3.08. The van der Waals surface area contributed by atoms with Gasteiger partial charge in [-0.15, -0.1) is 24.0 Å². The van der Waals surface area contributed by atoms with E-state index in [0.717, 1.165) is 5.69 Å². The second-order valence-electron chi connectivity index (χ2n) is 3.45. The van der Waals surface area contributed by atoms with Gasteiger partial charge in [0, 0.05) is 26.4 Å². The Balaban J connectivity index is 0.00000289. The van der Waals surface area contributed by atoms with E-state index >= 15 is 0 Å². The summed E-state index contributed by atoms with van der Waals surface area (Å²) in [6, 6.07) is 1.77. The number of nitrogens with one attached hydrogen (secondary N) is 1. The Kier molecular flexibility index (Phi) is 8.75. The molecular formula is C10H17Cl2IN4O. The first-order valence-corrected chi connectivity index (χ1v) is 5.84. The van der Waals surface area contributed by atoms with Gasteiger partial charge in [0.1, 0.15) is 5.15 Å². The van der Waals surface area contributed by atoms with E-state index in [0.29, 0.717) is 35.8 Å². The maximum absolute atomic E-state index is 5.94. The molecule has 0 aliphatic heterocycles. The first-order chi connectivity index (χ1) is 8.06. The predicted molar refractivity (Wildman–Crippen MR) is 86.1 cm³/mol. The topological polar surface area (TPSA) is 64.6 Å². The van der Waals surface area contributed by atoms with Crippen molar-refractivity contribution in [1.29, 1.82) is 0 Å². The van der Waals surface area contributed by atoms with E-state index in [1.165, 1.54) is 0 Å². The fourth-order valence-corrected chi connectivity index (χ4v) is 1.66. The number of guanidine groups is 1. The summed E-state index contributed by atoms with van der Waals surface area (Å²) in [5.74, 6) is 0.371. The summed E-state index contributed by atoms with van der Waals surface area (Å²) >= 11 is 11.8. The summed E-state index contributed by atoms with van der Waals surface area (Å²) < 4.78 is 6.65. The second-order valence-corrected chi connectivity index (χ2v) is 4.22. The van der Waals surface area contributed by atoms with Gasteiger partial charge in [-0.1, -0.05) is 23.2 Å². The lowest BCUT2D eigenvalue weighted by atomic mass is 10.4. The highest BCUT2D eigenvalue weighted by molar-refractivity contribution is 14.0. The Labute approximate surface area is 134 Å². The number of aliphatic imine (C=N–C) groups is 1. The minimum Gasteiger partial charge on any atom is -0.383 e. The zero-order valence-corrected chi connectivity index (χ0v) is 14.1. The summed E-state index contributed by atoms with van der Waals surface area (Å²) in [6.45, 7) is 1.63. The standard InChI is InChI=1S/C10H16Cl2N4O.HI/c1-16-7(5-8(11)9(16)12)6-15-10(13)14-3-4-17-2;/h5H,3-4,6H2,1-2H3,(H3,13,14,15);1H. The van der Waals surface area contributed by atoms with Gasteiger partial charge in [0.2, 0.25) is 0 Å². The van der Waals surface area contributed by atoms with Crippen molar-refractivity contribution < 1.29 is 4.74 Å². The molecular weight excluding hydrogens is 390 g/mol. The smallest absolute Gasteiger partial charge is 0.189 e. The maximum atomic E-state index is 5.94. The third-order valence-electron chi connectivity index (χ3n) is 2.24. The Morgan fingerprint density at radius 2 is 2.22 bits per heavy atom. The Bertz CT molecular complexity index is 409. The van der Waals surface area contributed by atoms with Crippen LogP contribution in [-0.4, -0.2) is 30.8 Å². The Morgan fingerprint density at radius 3 is 2.72 bits per heavy atom. The second kappa shape index (κ2) is 8.84. The van der Waals surface area contributed by atoms with Crippen LogP contribution in [0.5, 0.6) is 0 Å². The summed E-state index contributed by atoms with van der Waals surface area (Å²) in [6.07, 6.45) is 0. The number of hydrogen-bond donors (Lipinski definition) is 2. The van der Waals surface area contributed by atoms with Crippen molar-refractivity contribution in [3.05, 3.63) is 21.9 Å². The van der Waals surface area contributed by atoms with Crippen molar-refractivity contribution >= 4 is 53.1 Å². The van der Waals surface area contributed by atoms with Crippen LogP contribution in [-0.2, 0) is 18.3 Å². The number of hydrogen-bond acceptors (Lipinski definition) is 2. The normalized spacial score (nSPS) is 11.2. The summed E-state index contributed by atoms with van der Waals surface area (Å²) in [5, 5.41) is 3.94. The molecule has 0 spiro atoms. The number of nitrogens with zero attached hydrogens (tertiary/aromatic N) is 2. The summed E-state index contributed by atoms with van der Waals surface area (Å²) in [4.78, 5) is 4.17. The number of rotatable bonds is 5. The summed E-state index contributed by atoms with van der Waals surface area (Å²) in [5.41, 5.74) is 6.56.